The Morgan fingerprint density at radius 2 is 0.919 bits per heavy atom. The second-order valence-corrected chi connectivity index (χ2v) is 15.9. The van der Waals surface area contributed by atoms with E-state index >= 15 is 0 Å². The van der Waals surface area contributed by atoms with Crippen LogP contribution in [0.5, 0.6) is 0 Å². The fourth-order valence-corrected chi connectivity index (χ4v) is 9.73. The van der Waals surface area contributed by atoms with E-state index in [1.807, 2.05) is 67.4 Å². The zero-order valence-corrected chi connectivity index (χ0v) is 33.6. The van der Waals surface area contributed by atoms with E-state index in [0.717, 1.165) is 56.0 Å². The number of fused-ring (bicyclic) bond motifs is 6. The molecule has 0 saturated carbocycles. The van der Waals surface area contributed by atoms with E-state index in [9.17, 15) is 0 Å². The molecule has 0 radical (unpaired) electrons. The van der Waals surface area contributed by atoms with Crippen molar-refractivity contribution < 1.29 is 0 Å². The molecule has 0 aliphatic heterocycles. The Labute approximate surface area is 359 Å². The van der Waals surface area contributed by atoms with Gasteiger partial charge in [0, 0.05) is 59.2 Å². The molecule has 0 atom stereocenters. The summed E-state index contributed by atoms with van der Waals surface area (Å²) in [5.41, 5.74) is 18.4. The van der Waals surface area contributed by atoms with Gasteiger partial charge in [-0.3, -0.25) is 19.9 Å². The number of hydrogen-bond acceptors (Lipinski definition) is 4. The molecular weight excluding hydrogens is 755 g/mol. The lowest BCUT2D eigenvalue weighted by molar-refractivity contribution is 0.758. The summed E-state index contributed by atoms with van der Waals surface area (Å²) in [6, 6.07) is 67.6. The fraction of sp³-hybridized carbons (Fsp3) is 0.0175. The summed E-state index contributed by atoms with van der Waals surface area (Å²) in [6.45, 7) is 0. The van der Waals surface area contributed by atoms with Crippen molar-refractivity contribution in [1.82, 2.24) is 24.5 Å². The van der Waals surface area contributed by atoms with Crippen LogP contribution in [-0.4, -0.2) is 24.5 Å². The van der Waals surface area contributed by atoms with Gasteiger partial charge in [0.2, 0.25) is 0 Å². The number of rotatable bonds is 7. The molecule has 0 fully saturated rings. The van der Waals surface area contributed by atoms with Gasteiger partial charge in [-0.25, -0.2) is 0 Å². The maximum Gasteiger partial charge on any atom is 0.0886 e. The van der Waals surface area contributed by atoms with Gasteiger partial charge in [-0.1, -0.05) is 115 Å². The third-order valence-electron chi connectivity index (χ3n) is 12.6. The quantitative estimate of drug-likeness (QED) is 0.161. The maximum atomic E-state index is 4.73. The molecule has 1 aliphatic rings. The number of nitrogens with zero attached hydrogens (tertiary/aromatic N) is 5. The van der Waals surface area contributed by atoms with Crippen LogP contribution in [0.1, 0.15) is 22.3 Å². The largest absolute Gasteiger partial charge is 0.309 e. The smallest absolute Gasteiger partial charge is 0.0886 e. The second-order valence-electron chi connectivity index (χ2n) is 15.9. The van der Waals surface area contributed by atoms with Gasteiger partial charge >= 0.3 is 0 Å². The summed E-state index contributed by atoms with van der Waals surface area (Å²) in [7, 11) is 0. The molecule has 0 bridgehead atoms. The molecule has 0 spiro atoms. The Morgan fingerprint density at radius 3 is 1.56 bits per heavy atom. The first-order valence-corrected chi connectivity index (χ1v) is 20.9. The van der Waals surface area contributed by atoms with Gasteiger partial charge in [0.25, 0.3) is 0 Å². The predicted molar refractivity (Wildman–Crippen MR) is 251 cm³/mol. The van der Waals surface area contributed by atoms with Crippen LogP contribution < -0.4 is 0 Å². The second kappa shape index (κ2) is 14.5. The summed E-state index contributed by atoms with van der Waals surface area (Å²) in [4.78, 5) is 18.6. The monoisotopic (exact) mass is 791 g/mol. The van der Waals surface area contributed by atoms with Crippen LogP contribution in [0.3, 0.4) is 0 Å². The molecule has 0 amide bonds. The van der Waals surface area contributed by atoms with Crippen LogP contribution in [0.4, 0.5) is 0 Å². The average Bonchev–Trinajstić information content (AvgIpc) is 3.85. The standard InChI is InChI=1S/C57H37N5/c1-2-12-46(13-3-1)62-55-16-5-4-14-49(55)50-32-40(24-28-56(50)62)42-22-26-48-47-25-21-41(38-17-19-39(20-18-38)43-23-27-54(61-35-43)53-15-6-7-31-60-53)33-51(47)57(52(48)34-42,44-10-8-29-58-36-44)45-11-9-30-59-37-45/h1-37H. The number of hydrogen-bond donors (Lipinski definition) is 0. The summed E-state index contributed by atoms with van der Waals surface area (Å²) in [5.74, 6) is 0. The molecule has 290 valence electrons. The number of para-hydroxylation sites is 2. The Kier molecular flexibility index (Phi) is 8.32. The van der Waals surface area contributed by atoms with Gasteiger partial charge in [0.1, 0.15) is 0 Å². The van der Waals surface area contributed by atoms with Crippen LogP contribution >= 0.6 is 0 Å². The van der Waals surface area contributed by atoms with E-state index in [1.54, 1.807) is 6.20 Å². The molecule has 6 aromatic carbocycles. The van der Waals surface area contributed by atoms with Crippen LogP contribution in [-0.2, 0) is 5.41 Å². The van der Waals surface area contributed by atoms with Crippen LogP contribution in [0.2, 0.25) is 0 Å². The van der Waals surface area contributed by atoms with Gasteiger partial charge in [-0.15, -0.1) is 0 Å². The Hall–Kier alpha value is -8.28. The van der Waals surface area contributed by atoms with Crippen molar-refractivity contribution in [3.8, 4) is 61.6 Å². The van der Waals surface area contributed by atoms with Gasteiger partial charge < -0.3 is 4.57 Å². The van der Waals surface area contributed by atoms with Crippen molar-refractivity contribution in [1.29, 1.82) is 0 Å². The zero-order valence-electron chi connectivity index (χ0n) is 33.6. The molecule has 5 nitrogen and oxygen atoms in total. The van der Waals surface area contributed by atoms with E-state index in [0.29, 0.717) is 0 Å². The Morgan fingerprint density at radius 1 is 0.355 bits per heavy atom. The van der Waals surface area contributed by atoms with Crippen LogP contribution in [0.25, 0.3) is 83.4 Å². The topological polar surface area (TPSA) is 56.5 Å². The summed E-state index contributed by atoms with van der Waals surface area (Å²) in [5, 5.41) is 2.46. The van der Waals surface area contributed by atoms with Crippen LogP contribution in [0.15, 0.2) is 225 Å². The van der Waals surface area contributed by atoms with Crippen molar-refractivity contribution in [3.05, 3.63) is 247 Å². The predicted octanol–water partition coefficient (Wildman–Crippen LogP) is 13.4. The molecule has 12 rings (SSSR count). The van der Waals surface area contributed by atoms with Crippen molar-refractivity contribution in [2.45, 2.75) is 5.41 Å². The fourth-order valence-electron chi connectivity index (χ4n) is 9.73. The highest BCUT2D eigenvalue weighted by Gasteiger charge is 2.47. The minimum atomic E-state index is -0.673. The van der Waals surface area contributed by atoms with Crippen LogP contribution in [0, 0.1) is 0 Å². The molecule has 5 aromatic heterocycles. The van der Waals surface area contributed by atoms with E-state index < -0.39 is 5.41 Å². The number of pyridine rings is 4. The van der Waals surface area contributed by atoms with Gasteiger partial charge in [-0.05, 0) is 134 Å². The molecule has 5 heterocycles. The van der Waals surface area contributed by atoms with E-state index in [-0.39, 0.29) is 0 Å². The highest BCUT2D eigenvalue weighted by atomic mass is 15.0. The Balaban J connectivity index is 0.993. The summed E-state index contributed by atoms with van der Waals surface area (Å²) < 4.78 is 2.37. The molecule has 1 aliphatic carbocycles. The lowest BCUT2D eigenvalue weighted by atomic mass is 9.68. The minimum absolute atomic E-state index is 0.673. The first-order chi connectivity index (χ1) is 30.7. The van der Waals surface area contributed by atoms with E-state index in [2.05, 4.69) is 161 Å². The molecule has 11 aromatic rings. The van der Waals surface area contributed by atoms with Gasteiger partial charge in [-0.2, -0.15) is 0 Å². The lowest BCUT2D eigenvalue weighted by Crippen LogP contribution is -2.29. The molecule has 5 heteroatoms. The minimum Gasteiger partial charge on any atom is -0.309 e. The summed E-state index contributed by atoms with van der Waals surface area (Å²) in [6.07, 6.45) is 11.5. The van der Waals surface area contributed by atoms with Crippen molar-refractivity contribution >= 4 is 21.8 Å². The molecule has 62 heavy (non-hydrogen) atoms. The highest BCUT2D eigenvalue weighted by molar-refractivity contribution is 6.10. The first-order valence-electron chi connectivity index (χ1n) is 20.9. The molecule has 0 N–H and O–H groups in total. The lowest BCUT2D eigenvalue weighted by Gasteiger charge is -2.33. The Bertz CT molecular complexity index is 3380. The van der Waals surface area contributed by atoms with Crippen molar-refractivity contribution in [2.75, 3.05) is 0 Å². The maximum absolute atomic E-state index is 4.73. The normalized spacial score (nSPS) is 12.6. The van der Waals surface area contributed by atoms with E-state index in [4.69, 9.17) is 15.0 Å². The molecule has 0 saturated heterocycles. The molecule has 0 unspecified atom stereocenters. The van der Waals surface area contributed by atoms with Crippen molar-refractivity contribution in [3.63, 3.8) is 0 Å². The number of aromatic nitrogens is 5. The average molecular weight is 792 g/mol. The van der Waals surface area contributed by atoms with Gasteiger partial charge in [0.15, 0.2) is 0 Å². The third kappa shape index (κ3) is 5.63. The molecular formula is C57H37N5. The highest BCUT2D eigenvalue weighted by Crippen LogP contribution is 2.57. The van der Waals surface area contributed by atoms with Gasteiger partial charge in [0.05, 0.1) is 27.8 Å². The van der Waals surface area contributed by atoms with Crippen molar-refractivity contribution in [2.24, 2.45) is 0 Å². The third-order valence-corrected chi connectivity index (χ3v) is 12.6. The van der Waals surface area contributed by atoms with E-state index in [1.165, 1.54) is 49.6 Å². The first kappa shape index (κ1) is 35.6. The zero-order chi connectivity index (χ0) is 41.0. The summed E-state index contributed by atoms with van der Waals surface area (Å²) >= 11 is 0. The number of benzene rings is 6. The SMILES string of the molecule is c1ccc(-n2c3ccccc3c3cc(-c4ccc5c(c4)C(c4cccnc4)(c4cccnc4)c4cc(-c6ccc(-c7ccc(-c8ccccn8)nc7)cc6)ccc4-5)ccc32)cc1.